The highest BCUT2D eigenvalue weighted by Crippen LogP contribution is 2.41. The van der Waals surface area contributed by atoms with Crippen LogP contribution in [0.5, 0.6) is 11.5 Å². The number of aliphatic hydroxyl groups is 1. The number of amides is 1. The van der Waals surface area contributed by atoms with E-state index in [1.807, 2.05) is 19.0 Å². The van der Waals surface area contributed by atoms with Crippen LogP contribution >= 0.6 is 0 Å². The van der Waals surface area contributed by atoms with Crippen molar-refractivity contribution in [3.05, 3.63) is 65.0 Å². The van der Waals surface area contributed by atoms with Crippen molar-refractivity contribution in [3.63, 3.8) is 0 Å². The predicted molar refractivity (Wildman–Crippen MR) is 111 cm³/mol. The maximum absolute atomic E-state index is 14.0. The molecule has 2 aliphatic heterocycles. The zero-order valence-corrected chi connectivity index (χ0v) is 17.3. The van der Waals surface area contributed by atoms with Crippen LogP contribution in [0, 0.1) is 5.82 Å². The number of hydrogen-bond acceptors (Lipinski definition) is 6. The standard InChI is InChI=1S/C23H23FN2O5/c1-25(2)9-4-10-26-20(14-5-3-6-16(24)11-14)19(22(28)23(26)29)21(27)15-7-8-17-18(12-15)31-13-30-17/h3,5-8,11-12,20,27H,4,9-10,13H2,1-2H3/b21-19+. The van der Waals surface area contributed by atoms with Crippen LogP contribution < -0.4 is 9.47 Å². The molecule has 0 aromatic heterocycles. The van der Waals surface area contributed by atoms with Crippen molar-refractivity contribution in [2.24, 2.45) is 0 Å². The molecule has 1 saturated heterocycles. The Morgan fingerprint density at radius 2 is 1.94 bits per heavy atom. The van der Waals surface area contributed by atoms with Gasteiger partial charge >= 0.3 is 0 Å². The highest BCUT2D eigenvalue weighted by Gasteiger charge is 2.46. The molecule has 2 aromatic rings. The lowest BCUT2D eigenvalue weighted by molar-refractivity contribution is -0.139. The quantitative estimate of drug-likeness (QED) is 0.435. The summed E-state index contributed by atoms with van der Waals surface area (Å²) in [5.41, 5.74) is 0.669. The first-order valence-electron chi connectivity index (χ1n) is 9.95. The molecule has 0 radical (unpaired) electrons. The van der Waals surface area contributed by atoms with Gasteiger partial charge in [-0.2, -0.15) is 0 Å². The molecule has 1 N–H and O–H groups in total. The summed E-state index contributed by atoms with van der Waals surface area (Å²) in [5, 5.41) is 11.1. The summed E-state index contributed by atoms with van der Waals surface area (Å²) in [6, 6.07) is 9.62. The molecule has 1 unspecified atom stereocenters. The summed E-state index contributed by atoms with van der Waals surface area (Å²) in [4.78, 5) is 29.2. The summed E-state index contributed by atoms with van der Waals surface area (Å²) >= 11 is 0. The zero-order chi connectivity index (χ0) is 22.1. The van der Waals surface area contributed by atoms with E-state index in [0.717, 1.165) is 0 Å². The Morgan fingerprint density at radius 1 is 1.16 bits per heavy atom. The van der Waals surface area contributed by atoms with E-state index in [1.54, 1.807) is 24.3 Å². The van der Waals surface area contributed by atoms with Crippen LogP contribution in [0.2, 0.25) is 0 Å². The molecule has 0 saturated carbocycles. The number of carbonyl (C=O) groups is 2. The molecule has 2 aromatic carbocycles. The summed E-state index contributed by atoms with van der Waals surface area (Å²) < 4.78 is 24.6. The first kappa shape index (κ1) is 20.9. The number of benzene rings is 2. The molecule has 1 atom stereocenters. The van der Waals surface area contributed by atoms with Gasteiger partial charge in [0.25, 0.3) is 11.7 Å². The second kappa shape index (κ2) is 8.39. The normalized spacial score (nSPS) is 19.5. The lowest BCUT2D eigenvalue weighted by Crippen LogP contribution is -2.32. The van der Waals surface area contributed by atoms with Crippen LogP contribution in [-0.4, -0.2) is 60.6 Å². The summed E-state index contributed by atoms with van der Waals surface area (Å²) in [6.45, 7) is 1.07. The molecule has 7 nitrogen and oxygen atoms in total. The molecule has 2 aliphatic rings. The third-order valence-electron chi connectivity index (χ3n) is 5.35. The highest BCUT2D eigenvalue weighted by molar-refractivity contribution is 6.46. The SMILES string of the molecule is CN(C)CCCN1C(=O)C(=O)/C(=C(/O)c2ccc3c(c2)OCO3)C1c1cccc(F)c1. The van der Waals surface area contributed by atoms with E-state index in [4.69, 9.17) is 9.47 Å². The largest absolute Gasteiger partial charge is 0.507 e. The molecule has 0 bridgehead atoms. The minimum atomic E-state index is -0.886. The fourth-order valence-electron chi connectivity index (χ4n) is 3.89. The molecule has 1 amide bonds. The molecule has 31 heavy (non-hydrogen) atoms. The van der Waals surface area contributed by atoms with E-state index in [9.17, 15) is 19.1 Å². The predicted octanol–water partition coefficient (Wildman–Crippen LogP) is 2.93. The summed E-state index contributed by atoms with van der Waals surface area (Å²) in [5.74, 6) is -1.36. The van der Waals surface area contributed by atoms with Gasteiger partial charge in [-0.3, -0.25) is 9.59 Å². The Balaban J connectivity index is 1.79. The smallest absolute Gasteiger partial charge is 0.295 e. The number of likely N-dealkylation sites (tertiary alicyclic amines) is 1. The van der Waals surface area contributed by atoms with E-state index in [1.165, 1.54) is 23.1 Å². The van der Waals surface area contributed by atoms with Gasteiger partial charge in [-0.25, -0.2) is 4.39 Å². The Labute approximate surface area is 179 Å². The van der Waals surface area contributed by atoms with Gasteiger partial charge < -0.3 is 24.4 Å². The molecule has 4 rings (SSSR count). The van der Waals surface area contributed by atoms with Gasteiger partial charge in [0.2, 0.25) is 6.79 Å². The molecule has 162 valence electrons. The Morgan fingerprint density at radius 3 is 2.68 bits per heavy atom. The van der Waals surface area contributed by atoms with Crippen LogP contribution in [0.4, 0.5) is 4.39 Å². The van der Waals surface area contributed by atoms with E-state index in [0.29, 0.717) is 42.1 Å². The number of nitrogens with zero attached hydrogens (tertiary/aromatic N) is 2. The van der Waals surface area contributed by atoms with E-state index >= 15 is 0 Å². The fraction of sp³-hybridized carbons (Fsp3) is 0.304. The number of hydrogen-bond donors (Lipinski definition) is 1. The third kappa shape index (κ3) is 3.98. The first-order valence-corrected chi connectivity index (χ1v) is 9.95. The minimum Gasteiger partial charge on any atom is -0.507 e. The maximum atomic E-state index is 14.0. The van der Waals surface area contributed by atoms with Crippen LogP contribution in [0.3, 0.4) is 0 Å². The van der Waals surface area contributed by atoms with Crippen molar-refractivity contribution in [3.8, 4) is 11.5 Å². The monoisotopic (exact) mass is 426 g/mol. The van der Waals surface area contributed by atoms with Gasteiger partial charge in [-0.1, -0.05) is 12.1 Å². The number of ether oxygens (including phenoxy) is 2. The molecule has 8 heteroatoms. The molecule has 2 heterocycles. The molecule has 0 aliphatic carbocycles. The molecular weight excluding hydrogens is 403 g/mol. The van der Waals surface area contributed by atoms with Crippen molar-refractivity contribution in [2.75, 3.05) is 34.0 Å². The number of Topliss-reactive ketones (excluding diaryl/α,β-unsaturated/α-hetero) is 1. The van der Waals surface area contributed by atoms with Crippen molar-refractivity contribution in [1.29, 1.82) is 0 Å². The van der Waals surface area contributed by atoms with Gasteiger partial charge in [0.15, 0.2) is 11.5 Å². The average Bonchev–Trinajstić information content (AvgIpc) is 3.30. The van der Waals surface area contributed by atoms with Gasteiger partial charge in [0, 0.05) is 12.1 Å². The summed E-state index contributed by atoms with van der Waals surface area (Å²) in [6.07, 6.45) is 0.621. The number of aliphatic hydroxyl groups excluding tert-OH is 1. The first-order chi connectivity index (χ1) is 14.9. The Bertz CT molecular complexity index is 1070. The highest BCUT2D eigenvalue weighted by atomic mass is 19.1. The Kier molecular flexibility index (Phi) is 5.65. The van der Waals surface area contributed by atoms with Crippen molar-refractivity contribution >= 4 is 17.4 Å². The maximum Gasteiger partial charge on any atom is 0.295 e. The number of fused-ring (bicyclic) bond motifs is 1. The van der Waals surface area contributed by atoms with Crippen molar-refractivity contribution in [1.82, 2.24) is 9.80 Å². The van der Waals surface area contributed by atoms with E-state index < -0.39 is 23.5 Å². The second-order valence-corrected chi connectivity index (χ2v) is 7.77. The van der Waals surface area contributed by atoms with Crippen molar-refractivity contribution in [2.45, 2.75) is 12.5 Å². The molecular formula is C23H23FN2O5. The van der Waals surface area contributed by atoms with Crippen LogP contribution in [0.1, 0.15) is 23.6 Å². The van der Waals surface area contributed by atoms with Gasteiger partial charge in [-0.15, -0.1) is 0 Å². The van der Waals surface area contributed by atoms with E-state index in [2.05, 4.69) is 0 Å². The third-order valence-corrected chi connectivity index (χ3v) is 5.35. The fourth-order valence-corrected chi connectivity index (χ4v) is 3.89. The van der Waals surface area contributed by atoms with Crippen LogP contribution in [0.25, 0.3) is 5.76 Å². The lowest BCUT2D eigenvalue weighted by atomic mass is 9.95. The van der Waals surface area contributed by atoms with E-state index in [-0.39, 0.29) is 18.1 Å². The second-order valence-electron chi connectivity index (χ2n) is 7.77. The van der Waals surface area contributed by atoms with Gasteiger partial charge in [0.1, 0.15) is 11.6 Å². The topological polar surface area (TPSA) is 79.3 Å². The average molecular weight is 426 g/mol. The summed E-state index contributed by atoms with van der Waals surface area (Å²) in [7, 11) is 3.83. The Hall–Kier alpha value is -3.39. The lowest BCUT2D eigenvalue weighted by Gasteiger charge is -2.26. The number of carbonyl (C=O) groups excluding carboxylic acids is 2. The number of rotatable bonds is 6. The minimum absolute atomic E-state index is 0.0686. The number of halogens is 1. The molecule has 1 fully saturated rings. The zero-order valence-electron chi connectivity index (χ0n) is 17.3. The van der Waals surface area contributed by atoms with Crippen LogP contribution in [0.15, 0.2) is 48.0 Å². The van der Waals surface area contributed by atoms with Gasteiger partial charge in [-0.05, 0) is 63.0 Å². The van der Waals surface area contributed by atoms with Crippen LogP contribution in [-0.2, 0) is 9.59 Å². The molecule has 0 spiro atoms. The van der Waals surface area contributed by atoms with Gasteiger partial charge in [0.05, 0.1) is 11.6 Å². The number of ketones is 1. The van der Waals surface area contributed by atoms with Crippen molar-refractivity contribution < 1.29 is 28.6 Å².